The van der Waals surface area contributed by atoms with Gasteiger partial charge in [-0.1, -0.05) is 19.8 Å². The standard InChI is InChI=1S/C15H31N3O/c1-4-10-17-15(2,14(16)19)9-11-18(3)12-13-7-5-6-8-13/h13,17H,4-12H2,1-3H3,(H2,16,19). The molecule has 0 saturated heterocycles. The number of hydrogen-bond donors (Lipinski definition) is 2. The van der Waals surface area contributed by atoms with E-state index in [0.717, 1.165) is 38.4 Å². The number of rotatable bonds is 9. The summed E-state index contributed by atoms with van der Waals surface area (Å²) in [5, 5.41) is 3.29. The number of hydrogen-bond acceptors (Lipinski definition) is 3. The van der Waals surface area contributed by atoms with Crippen molar-refractivity contribution >= 4 is 5.91 Å². The summed E-state index contributed by atoms with van der Waals surface area (Å²) in [7, 11) is 2.15. The monoisotopic (exact) mass is 269 g/mol. The van der Waals surface area contributed by atoms with E-state index in [-0.39, 0.29) is 5.91 Å². The first-order valence-corrected chi connectivity index (χ1v) is 7.71. The molecule has 1 saturated carbocycles. The average molecular weight is 269 g/mol. The lowest BCUT2D eigenvalue weighted by molar-refractivity contribution is -0.124. The molecule has 0 aliphatic heterocycles. The van der Waals surface area contributed by atoms with Crippen LogP contribution in [0, 0.1) is 5.92 Å². The molecule has 1 unspecified atom stereocenters. The van der Waals surface area contributed by atoms with Crippen LogP contribution in [0.1, 0.15) is 52.4 Å². The third-order valence-corrected chi connectivity index (χ3v) is 4.35. The fraction of sp³-hybridized carbons (Fsp3) is 0.933. The molecule has 1 fully saturated rings. The molecule has 0 bridgehead atoms. The molecule has 1 aliphatic carbocycles. The zero-order valence-electron chi connectivity index (χ0n) is 12.9. The van der Waals surface area contributed by atoms with Gasteiger partial charge in [-0.25, -0.2) is 0 Å². The summed E-state index contributed by atoms with van der Waals surface area (Å²) in [5.74, 6) is 0.614. The Balaban J connectivity index is 2.35. The predicted octanol–water partition coefficient (Wildman–Crippen LogP) is 1.74. The number of nitrogens with two attached hydrogens (primary N) is 1. The van der Waals surface area contributed by atoms with Crippen LogP contribution in [-0.2, 0) is 4.79 Å². The van der Waals surface area contributed by atoms with Crippen LogP contribution in [0.25, 0.3) is 0 Å². The maximum absolute atomic E-state index is 11.6. The van der Waals surface area contributed by atoms with Gasteiger partial charge in [0.1, 0.15) is 0 Å². The van der Waals surface area contributed by atoms with Gasteiger partial charge in [-0.05, 0) is 52.1 Å². The largest absolute Gasteiger partial charge is 0.368 e. The SMILES string of the molecule is CCCNC(C)(CCN(C)CC1CCCC1)C(N)=O. The molecule has 0 heterocycles. The average Bonchev–Trinajstić information content (AvgIpc) is 2.86. The van der Waals surface area contributed by atoms with Crippen molar-refractivity contribution in [1.29, 1.82) is 0 Å². The third-order valence-electron chi connectivity index (χ3n) is 4.35. The Morgan fingerprint density at radius 2 is 2.05 bits per heavy atom. The Hall–Kier alpha value is -0.610. The fourth-order valence-corrected chi connectivity index (χ4v) is 2.84. The minimum Gasteiger partial charge on any atom is -0.368 e. The van der Waals surface area contributed by atoms with Crippen LogP contribution in [0.15, 0.2) is 0 Å². The van der Waals surface area contributed by atoms with Crippen molar-refractivity contribution in [3.8, 4) is 0 Å². The first-order valence-electron chi connectivity index (χ1n) is 7.71. The zero-order valence-corrected chi connectivity index (χ0v) is 12.9. The Labute approximate surface area is 118 Å². The van der Waals surface area contributed by atoms with Crippen LogP contribution in [0.4, 0.5) is 0 Å². The highest BCUT2D eigenvalue weighted by Gasteiger charge is 2.30. The summed E-state index contributed by atoms with van der Waals surface area (Å²) in [5.41, 5.74) is 4.97. The molecule has 3 N–H and O–H groups in total. The van der Waals surface area contributed by atoms with E-state index >= 15 is 0 Å². The van der Waals surface area contributed by atoms with Gasteiger partial charge in [0.2, 0.25) is 5.91 Å². The second kappa shape index (κ2) is 7.85. The van der Waals surface area contributed by atoms with E-state index in [9.17, 15) is 4.79 Å². The molecule has 1 atom stereocenters. The van der Waals surface area contributed by atoms with Gasteiger partial charge in [0, 0.05) is 13.1 Å². The van der Waals surface area contributed by atoms with Crippen LogP contribution >= 0.6 is 0 Å². The molecule has 4 heteroatoms. The number of nitrogens with zero attached hydrogens (tertiary/aromatic N) is 1. The lowest BCUT2D eigenvalue weighted by Crippen LogP contribution is -2.54. The zero-order chi connectivity index (χ0) is 14.3. The summed E-state index contributed by atoms with van der Waals surface area (Å²) in [4.78, 5) is 14.0. The van der Waals surface area contributed by atoms with E-state index in [2.05, 4.69) is 24.2 Å². The Bertz CT molecular complexity index is 277. The quantitative estimate of drug-likeness (QED) is 0.670. The lowest BCUT2D eigenvalue weighted by atomic mass is 9.96. The van der Waals surface area contributed by atoms with Crippen molar-refractivity contribution in [3.63, 3.8) is 0 Å². The first-order chi connectivity index (χ1) is 8.98. The van der Waals surface area contributed by atoms with Crippen molar-refractivity contribution in [2.45, 2.75) is 57.9 Å². The third kappa shape index (κ3) is 5.49. The van der Waals surface area contributed by atoms with Gasteiger partial charge in [0.05, 0.1) is 5.54 Å². The van der Waals surface area contributed by atoms with E-state index < -0.39 is 5.54 Å². The minimum absolute atomic E-state index is 0.241. The molecule has 0 aromatic carbocycles. The van der Waals surface area contributed by atoms with E-state index in [4.69, 9.17) is 5.73 Å². The van der Waals surface area contributed by atoms with Gasteiger partial charge in [0.15, 0.2) is 0 Å². The Kier molecular flexibility index (Phi) is 6.80. The van der Waals surface area contributed by atoms with E-state index in [0.29, 0.717) is 0 Å². The molecular weight excluding hydrogens is 238 g/mol. The van der Waals surface area contributed by atoms with Crippen LogP contribution in [0.3, 0.4) is 0 Å². The summed E-state index contributed by atoms with van der Waals surface area (Å²) < 4.78 is 0. The maximum atomic E-state index is 11.6. The van der Waals surface area contributed by atoms with Crippen molar-refractivity contribution in [2.24, 2.45) is 11.7 Å². The number of nitrogens with one attached hydrogen (secondary N) is 1. The van der Waals surface area contributed by atoms with Gasteiger partial charge in [0.25, 0.3) is 0 Å². The highest BCUT2D eigenvalue weighted by atomic mass is 16.1. The van der Waals surface area contributed by atoms with Crippen LogP contribution in [0.2, 0.25) is 0 Å². The molecular formula is C15H31N3O. The molecule has 0 aromatic rings. The summed E-state index contributed by atoms with van der Waals surface area (Å²) in [6, 6.07) is 0. The molecule has 4 nitrogen and oxygen atoms in total. The summed E-state index contributed by atoms with van der Waals surface area (Å²) in [6.07, 6.45) is 7.30. The van der Waals surface area contributed by atoms with E-state index in [1.807, 2.05) is 6.92 Å². The van der Waals surface area contributed by atoms with E-state index in [1.54, 1.807) is 0 Å². The van der Waals surface area contributed by atoms with Crippen LogP contribution in [-0.4, -0.2) is 43.0 Å². The fourth-order valence-electron chi connectivity index (χ4n) is 2.84. The molecule has 112 valence electrons. The van der Waals surface area contributed by atoms with Crippen molar-refractivity contribution in [1.82, 2.24) is 10.2 Å². The summed E-state index contributed by atoms with van der Waals surface area (Å²) in [6.45, 7) is 6.94. The topological polar surface area (TPSA) is 58.4 Å². The second-order valence-corrected chi connectivity index (χ2v) is 6.29. The number of carbonyl (C=O) groups excluding carboxylic acids is 1. The molecule has 1 rings (SSSR count). The van der Waals surface area contributed by atoms with Gasteiger partial charge in [-0.15, -0.1) is 0 Å². The number of amides is 1. The van der Waals surface area contributed by atoms with Crippen molar-refractivity contribution in [2.75, 3.05) is 26.7 Å². The van der Waals surface area contributed by atoms with Gasteiger partial charge >= 0.3 is 0 Å². The van der Waals surface area contributed by atoms with E-state index in [1.165, 1.54) is 25.7 Å². The minimum atomic E-state index is -0.569. The highest BCUT2D eigenvalue weighted by Crippen LogP contribution is 2.25. The number of carbonyl (C=O) groups is 1. The first kappa shape index (κ1) is 16.4. The molecule has 0 spiro atoms. The summed E-state index contributed by atoms with van der Waals surface area (Å²) >= 11 is 0. The predicted molar refractivity (Wildman–Crippen MR) is 80.0 cm³/mol. The van der Waals surface area contributed by atoms with Crippen LogP contribution < -0.4 is 11.1 Å². The smallest absolute Gasteiger partial charge is 0.237 e. The highest BCUT2D eigenvalue weighted by molar-refractivity contribution is 5.84. The molecule has 1 amide bonds. The molecule has 19 heavy (non-hydrogen) atoms. The number of primary amides is 1. The lowest BCUT2D eigenvalue weighted by Gasteiger charge is -2.30. The van der Waals surface area contributed by atoms with Gasteiger partial charge in [-0.2, -0.15) is 0 Å². The maximum Gasteiger partial charge on any atom is 0.237 e. The normalized spacial score (nSPS) is 19.8. The molecule has 0 radical (unpaired) electrons. The van der Waals surface area contributed by atoms with Gasteiger partial charge in [-0.3, -0.25) is 4.79 Å². The van der Waals surface area contributed by atoms with Gasteiger partial charge < -0.3 is 16.0 Å². The Morgan fingerprint density at radius 1 is 1.42 bits per heavy atom. The van der Waals surface area contributed by atoms with Crippen molar-refractivity contribution in [3.05, 3.63) is 0 Å². The molecule has 0 aromatic heterocycles. The van der Waals surface area contributed by atoms with Crippen molar-refractivity contribution < 1.29 is 4.79 Å². The Morgan fingerprint density at radius 3 is 2.58 bits per heavy atom. The van der Waals surface area contributed by atoms with Crippen LogP contribution in [0.5, 0.6) is 0 Å². The molecule has 1 aliphatic rings. The second-order valence-electron chi connectivity index (χ2n) is 6.29.